The van der Waals surface area contributed by atoms with Gasteiger partial charge in [-0.1, -0.05) is 86.1 Å². The van der Waals surface area contributed by atoms with Crippen molar-refractivity contribution >= 4 is 11.9 Å². The molecule has 0 fully saturated rings. The normalized spacial score (nSPS) is 18.0. The second-order valence-corrected chi connectivity index (χ2v) is 12.5. The zero-order valence-corrected chi connectivity index (χ0v) is 32.3. The molecule has 2 N–H and O–H groups in total. The summed E-state index contributed by atoms with van der Waals surface area (Å²) in [5.74, 6) is -1.76. The molecule has 8 heteroatoms. The predicted octanol–water partition coefficient (Wildman–Crippen LogP) is 4.66. The van der Waals surface area contributed by atoms with E-state index in [2.05, 4.69) is 12.8 Å². The van der Waals surface area contributed by atoms with Gasteiger partial charge in [0.15, 0.2) is 0 Å². The van der Waals surface area contributed by atoms with Crippen LogP contribution in [0.5, 0.6) is 0 Å². The Morgan fingerprint density at radius 1 is 0.479 bits per heavy atom. The number of aromatic carboxylic acids is 2. The average molecular weight is 757 g/mol. The first-order valence-corrected chi connectivity index (χ1v) is 16.6. The summed E-state index contributed by atoms with van der Waals surface area (Å²) in [6.45, 7) is 0. The molecule has 0 radical (unpaired) electrons. The minimum absolute atomic E-state index is 0. The number of fused-ring (bicyclic) bond motifs is 2. The van der Waals surface area contributed by atoms with E-state index in [0.717, 1.165) is 0 Å². The van der Waals surface area contributed by atoms with Gasteiger partial charge in [0.25, 0.3) is 0 Å². The maximum absolute atomic E-state index is 10.2. The zero-order valence-electron chi connectivity index (χ0n) is 27.7. The summed E-state index contributed by atoms with van der Waals surface area (Å²) in [5.41, 5.74) is 14.8. The molecule has 0 spiro atoms. The number of hydrogen-bond donors (Lipinski definition) is 2. The molecule has 6 aliphatic carbocycles. The third-order valence-electron chi connectivity index (χ3n) is 9.56. The average Bonchev–Trinajstić information content (AvgIpc) is 3.65. The first-order chi connectivity index (χ1) is 21.5. The van der Waals surface area contributed by atoms with Crippen LogP contribution in [-0.4, -0.2) is 22.2 Å². The van der Waals surface area contributed by atoms with Gasteiger partial charge in [-0.2, -0.15) is 11.1 Å². The van der Waals surface area contributed by atoms with Crippen LogP contribution in [-0.2, 0) is 43.4 Å². The molecule has 0 heterocycles. The van der Waals surface area contributed by atoms with Crippen LogP contribution >= 0.6 is 0 Å². The molecular formula is C40H46Cl2O4Ti2-4. The van der Waals surface area contributed by atoms with E-state index in [4.69, 9.17) is 10.2 Å². The van der Waals surface area contributed by atoms with Crippen LogP contribution in [0.4, 0.5) is 0 Å². The fraction of sp³-hybridized carbons (Fsp3) is 0.400. The summed E-state index contributed by atoms with van der Waals surface area (Å²) in [7, 11) is 0. The van der Waals surface area contributed by atoms with E-state index >= 15 is 0 Å². The summed E-state index contributed by atoms with van der Waals surface area (Å²) >= 11 is 0. The predicted molar refractivity (Wildman–Crippen MR) is 177 cm³/mol. The molecule has 6 aliphatic rings. The van der Waals surface area contributed by atoms with E-state index in [9.17, 15) is 9.59 Å². The van der Waals surface area contributed by atoms with Crippen molar-refractivity contribution in [3.63, 3.8) is 0 Å². The summed E-state index contributed by atoms with van der Waals surface area (Å²) < 4.78 is 0. The number of carboxylic acid groups (broad SMARTS) is 2. The minimum atomic E-state index is -0.879. The topological polar surface area (TPSA) is 74.6 Å². The van der Waals surface area contributed by atoms with Crippen LogP contribution in [0.15, 0.2) is 105 Å². The molecule has 0 atom stereocenters. The van der Waals surface area contributed by atoms with Crippen LogP contribution < -0.4 is 24.8 Å². The summed E-state index contributed by atoms with van der Waals surface area (Å²) in [5, 5.41) is 16.8. The van der Waals surface area contributed by atoms with Crippen LogP contribution in [0, 0.1) is 12.8 Å². The van der Waals surface area contributed by atoms with Crippen molar-refractivity contribution < 1.29 is 88.1 Å². The van der Waals surface area contributed by atoms with E-state index < -0.39 is 11.9 Å². The van der Waals surface area contributed by atoms with Crippen molar-refractivity contribution in [2.75, 3.05) is 0 Å². The Hall–Kier alpha value is -1.91. The molecule has 0 bridgehead atoms. The van der Waals surface area contributed by atoms with Gasteiger partial charge in [0.05, 0.1) is 11.1 Å². The fourth-order valence-electron chi connectivity index (χ4n) is 7.40. The molecule has 0 amide bonds. The molecule has 2 aromatic rings. The number of halogens is 2. The SMILES string of the molecule is O=C(O)c1ccccc1.O=C(O)c1ccccc1.[CH-]1CCCC2=C1CC1=C2CCCC1.[CH-]1CCCC2=C1CC1=C2CCCC1.[Cl-].[Cl-].[Ti].[Ti]. The van der Waals surface area contributed by atoms with Gasteiger partial charge in [-0.05, 0) is 75.6 Å². The van der Waals surface area contributed by atoms with E-state index in [1.165, 1.54) is 103 Å². The first kappa shape index (κ1) is 44.1. The molecule has 48 heavy (non-hydrogen) atoms. The Kier molecular flexibility index (Phi) is 20.9. The molecule has 0 unspecified atom stereocenters. The van der Waals surface area contributed by atoms with E-state index in [0.29, 0.717) is 11.1 Å². The second kappa shape index (κ2) is 22.7. The van der Waals surface area contributed by atoms with Crippen molar-refractivity contribution in [2.24, 2.45) is 0 Å². The summed E-state index contributed by atoms with van der Waals surface area (Å²) in [6.07, 6.45) is 27.2. The molecule has 0 aliphatic heterocycles. The standard InChI is InChI=1S/2C13H17.2C7H6O2.2ClH.2Ti/c2*1-3-7-12-10(5-1)9-11-6-2-4-8-13(11)12;2*8-7(9)6-4-2-1-3-5-6;;;;/h2*5H,1-4,6-9H2;2*1-5H,(H,8,9);2*1H;;/q2*-1;;;;;;/p-2. The number of allylic oxidation sites excluding steroid dienone is 8. The van der Waals surface area contributed by atoms with Gasteiger partial charge in [0.2, 0.25) is 0 Å². The fourth-order valence-corrected chi connectivity index (χ4v) is 7.40. The van der Waals surface area contributed by atoms with Gasteiger partial charge >= 0.3 is 11.9 Å². The number of carboxylic acids is 2. The maximum atomic E-state index is 10.2. The number of benzene rings is 2. The Morgan fingerprint density at radius 2 is 0.812 bits per heavy atom. The van der Waals surface area contributed by atoms with Gasteiger partial charge in [-0.3, -0.25) is 0 Å². The Labute approximate surface area is 329 Å². The second-order valence-electron chi connectivity index (χ2n) is 12.5. The zero-order chi connectivity index (χ0) is 30.7. The van der Waals surface area contributed by atoms with Gasteiger partial charge in [-0.15, -0.1) is 24.0 Å². The Morgan fingerprint density at radius 3 is 1.15 bits per heavy atom. The molecule has 0 saturated carbocycles. The first-order valence-electron chi connectivity index (χ1n) is 16.6. The summed E-state index contributed by atoms with van der Waals surface area (Å²) in [6, 6.07) is 16.6. The third-order valence-corrected chi connectivity index (χ3v) is 9.56. The van der Waals surface area contributed by atoms with Gasteiger partial charge in [0, 0.05) is 43.4 Å². The van der Waals surface area contributed by atoms with Crippen molar-refractivity contribution in [3.8, 4) is 0 Å². The van der Waals surface area contributed by atoms with Crippen molar-refractivity contribution in [2.45, 2.75) is 103 Å². The van der Waals surface area contributed by atoms with Gasteiger partial charge in [-0.25, -0.2) is 33.6 Å². The summed E-state index contributed by atoms with van der Waals surface area (Å²) in [4.78, 5) is 20.4. The van der Waals surface area contributed by atoms with E-state index in [-0.39, 0.29) is 68.2 Å². The molecule has 0 saturated heterocycles. The smallest absolute Gasteiger partial charge is 0.335 e. The third kappa shape index (κ3) is 12.1. The monoisotopic (exact) mass is 756 g/mol. The molecule has 2 aromatic carbocycles. The Balaban J connectivity index is 0.000000316. The van der Waals surface area contributed by atoms with Crippen molar-refractivity contribution in [1.82, 2.24) is 0 Å². The largest absolute Gasteiger partial charge is 1.00 e. The van der Waals surface area contributed by atoms with E-state index in [1.54, 1.807) is 105 Å². The van der Waals surface area contributed by atoms with Crippen LogP contribution in [0.1, 0.15) is 123 Å². The van der Waals surface area contributed by atoms with Gasteiger partial charge < -0.3 is 35.0 Å². The van der Waals surface area contributed by atoms with Crippen molar-refractivity contribution in [3.05, 3.63) is 129 Å². The molecule has 256 valence electrons. The molecule has 0 aromatic heterocycles. The maximum Gasteiger partial charge on any atom is 0.335 e. The van der Waals surface area contributed by atoms with Crippen LogP contribution in [0.2, 0.25) is 0 Å². The number of rotatable bonds is 2. The molecular weight excluding hydrogens is 711 g/mol. The quantitative estimate of drug-likeness (QED) is 0.346. The van der Waals surface area contributed by atoms with Crippen molar-refractivity contribution in [1.29, 1.82) is 0 Å². The number of hydrogen-bond acceptors (Lipinski definition) is 2. The van der Waals surface area contributed by atoms with Crippen LogP contribution in [0.25, 0.3) is 0 Å². The number of carbonyl (C=O) groups is 2. The Bertz CT molecular complexity index is 1290. The molecule has 8 rings (SSSR count). The van der Waals surface area contributed by atoms with Crippen LogP contribution in [0.3, 0.4) is 0 Å². The van der Waals surface area contributed by atoms with Gasteiger partial charge in [0.1, 0.15) is 0 Å². The molecule has 4 nitrogen and oxygen atoms in total. The van der Waals surface area contributed by atoms with E-state index in [1.807, 2.05) is 0 Å². The minimum Gasteiger partial charge on any atom is -1.00 e.